The lowest BCUT2D eigenvalue weighted by atomic mass is 10.0. The summed E-state index contributed by atoms with van der Waals surface area (Å²) in [5.74, 6) is 0.856. The maximum Gasteiger partial charge on any atom is 0.129 e. The fourth-order valence-corrected chi connectivity index (χ4v) is 1.96. The standard InChI is InChI=1S/C12H18N2O2/c1-2-16-11(8-5-6-8)10(15)9-4-3-7-14-12(9)13/h3-4,7-8,10-11,15H,2,5-6H2,1H3,(H2,13,14). The molecule has 16 heavy (non-hydrogen) atoms. The molecular weight excluding hydrogens is 204 g/mol. The second-order valence-electron chi connectivity index (χ2n) is 4.18. The molecule has 0 radical (unpaired) electrons. The Morgan fingerprint density at radius 1 is 1.62 bits per heavy atom. The molecular formula is C12H18N2O2. The first-order valence-electron chi connectivity index (χ1n) is 5.74. The Kier molecular flexibility index (Phi) is 3.41. The topological polar surface area (TPSA) is 68.4 Å². The third-order valence-corrected chi connectivity index (χ3v) is 2.95. The average molecular weight is 222 g/mol. The number of nitrogens with zero attached hydrogens (tertiary/aromatic N) is 1. The maximum absolute atomic E-state index is 10.3. The zero-order valence-corrected chi connectivity index (χ0v) is 9.47. The molecule has 2 atom stereocenters. The van der Waals surface area contributed by atoms with Gasteiger partial charge in [0.05, 0.1) is 6.10 Å². The van der Waals surface area contributed by atoms with Gasteiger partial charge in [-0.25, -0.2) is 4.98 Å². The molecule has 1 fully saturated rings. The van der Waals surface area contributed by atoms with Crippen molar-refractivity contribution in [2.45, 2.75) is 32.0 Å². The molecule has 1 saturated carbocycles. The van der Waals surface area contributed by atoms with Gasteiger partial charge in [0.2, 0.25) is 0 Å². The molecule has 3 N–H and O–H groups in total. The van der Waals surface area contributed by atoms with Crippen molar-refractivity contribution >= 4 is 5.82 Å². The van der Waals surface area contributed by atoms with E-state index >= 15 is 0 Å². The van der Waals surface area contributed by atoms with E-state index in [0.717, 1.165) is 12.8 Å². The van der Waals surface area contributed by atoms with E-state index in [2.05, 4.69) is 4.98 Å². The number of nitrogens with two attached hydrogens (primary N) is 1. The SMILES string of the molecule is CCOC(C1CC1)C(O)c1cccnc1N. The Morgan fingerprint density at radius 3 is 2.94 bits per heavy atom. The van der Waals surface area contributed by atoms with Gasteiger partial charge in [0, 0.05) is 18.4 Å². The maximum atomic E-state index is 10.3. The zero-order valence-electron chi connectivity index (χ0n) is 9.47. The van der Waals surface area contributed by atoms with Crippen LogP contribution in [0.2, 0.25) is 0 Å². The molecule has 0 saturated heterocycles. The summed E-state index contributed by atoms with van der Waals surface area (Å²) < 4.78 is 5.60. The molecule has 0 aliphatic heterocycles. The number of hydrogen-bond donors (Lipinski definition) is 2. The van der Waals surface area contributed by atoms with Crippen LogP contribution in [0.3, 0.4) is 0 Å². The molecule has 0 bridgehead atoms. The molecule has 2 rings (SSSR count). The number of anilines is 1. The van der Waals surface area contributed by atoms with Gasteiger partial charge in [-0.1, -0.05) is 6.07 Å². The first kappa shape index (κ1) is 11.4. The number of hydrogen-bond acceptors (Lipinski definition) is 4. The number of aliphatic hydroxyl groups excluding tert-OH is 1. The van der Waals surface area contributed by atoms with Crippen LogP contribution in [0, 0.1) is 5.92 Å². The molecule has 1 heterocycles. The summed E-state index contributed by atoms with van der Waals surface area (Å²) in [5, 5.41) is 10.3. The van der Waals surface area contributed by atoms with Crippen molar-refractivity contribution in [2.75, 3.05) is 12.3 Å². The lowest BCUT2D eigenvalue weighted by Crippen LogP contribution is -2.25. The van der Waals surface area contributed by atoms with Gasteiger partial charge in [0.15, 0.2) is 0 Å². The van der Waals surface area contributed by atoms with Crippen molar-refractivity contribution in [2.24, 2.45) is 5.92 Å². The predicted octanol–water partition coefficient (Wildman–Crippen LogP) is 1.51. The Bertz CT molecular complexity index is 353. The Labute approximate surface area is 95.4 Å². The number of aromatic nitrogens is 1. The van der Waals surface area contributed by atoms with Crippen molar-refractivity contribution in [1.82, 2.24) is 4.98 Å². The number of nitrogen functional groups attached to an aromatic ring is 1. The Balaban J connectivity index is 2.15. The van der Waals surface area contributed by atoms with Crippen LogP contribution >= 0.6 is 0 Å². The number of pyridine rings is 1. The molecule has 1 aliphatic rings. The largest absolute Gasteiger partial charge is 0.386 e. The summed E-state index contributed by atoms with van der Waals surface area (Å²) in [6, 6.07) is 3.59. The third kappa shape index (κ3) is 2.33. The monoisotopic (exact) mass is 222 g/mol. The van der Waals surface area contributed by atoms with Crippen molar-refractivity contribution in [3.05, 3.63) is 23.9 Å². The van der Waals surface area contributed by atoms with Gasteiger partial charge in [-0.05, 0) is 31.7 Å². The van der Waals surface area contributed by atoms with Crippen LogP contribution in [0.15, 0.2) is 18.3 Å². The third-order valence-electron chi connectivity index (χ3n) is 2.95. The van der Waals surface area contributed by atoms with Gasteiger partial charge in [-0.3, -0.25) is 0 Å². The number of aliphatic hydroxyl groups is 1. The van der Waals surface area contributed by atoms with Gasteiger partial charge in [0.25, 0.3) is 0 Å². The minimum atomic E-state index is -0.666. The Morgan fingerprint density at radius 2 is 2.38 bits per heavy atom. The minimum Gasteiger partial charge on any atom is -0.386 e. The quantitative estimate of drug-likeness (QED) is 0.792. The normalized spacial score (nSPS) is 19.4. The summed E-state index contributed by atoms with van der Waals surface area (Å²) in [7, 11) is 0. The highest BCUT2D eigenvalue weighted by molar-refractivity contribution is 5.40. The molecule has 4 heteroatoms. The fraction of sp³-hybridized carbons (Fsp3) is 0.583. The van der Waals surface area contributed by atoms with Crippen LogP contribution < -0.4 is 5.73 Å². The van der Waals surface area contributed by atoms with Gasteiger partial charge in [0.1, 0.15) is 11.9 Å². The molecule has 0 aromatic carbocycles. The van der Waals surface area contributed by atoms with Crippen LogP contribution in [0.1, 0.15) is 31.4 Å². The molecule has 0 amide bonds. The van der Waals surface area contributed by atoms with E-state index in [1.54, 1.807) is 18.3 Å². The molecule has 1 aliphatic carbocycles. The molecule has 2 unspecified atom stereocenters. The summed E-state index contributed by atoms with van der Waals surface area (Å²) in [4.78, 5) is 3.98. The first-order chi connectivity index (χ1) is 7.74. The van der Waals surface area contributed by atoms with E-state index in [0.29, 0.717) is 23.9 Å². The highest BCUT2D eigenvalue weighted by Crippen LogP contribution is 2.40. The fourth-order valence-electron chi connectivity index (χ4n) is 1.96. The second-order valence-corrected chi connectivity index (χ2v) is 4.18. The smallest absolute Gasteiger partial charge is 0.129 e. The lowest BCUT2D eigenvalue weighted by Gasteiger charge is -2.23. The Hall–Kier alpha value is -1.13. The zero-order chi connectivity index (χ0) is 11.5. The molecule has 0 spiro atoms. The lowest BCUT2D eigenvalue weighted by molar-refractivity contribution is -0.0459. The summed E-state index contributed by atoms with van der Waals surface area (Å²) in [6.07, 6.45) is 3.07. The van der Waals surface area contributed by atoms with Crippen molar-refractivity contribution < 1.29 is 9.84 Å². The van der Waals surface area contributed by atoms with Crippen LogP contribution in [0.4, 0.5) is 5.82 Å². The van der Waals surface area contributed by atoms with Crippen molar-refractivity contribution in [1.29, 1.82) is 0 Å². The van der Waals surface area contributed by atoms with Crippen molar-refractivity contribution in [3.63, 3.8) is 0 Å². The predicted molar refractivity (Wildman–Crippen MR) is 61.7 cm³/mol. The van der Waals surface area contributed by atoms with E-state index in [9.17, 15) is 5.11 Å². The van der Waals surface area contributed by atoms with E-state index in [-0.39, 0.29) is 6.10 Å². The minimum absolute atomic E-state index is 0.142. The van der Waals surface area contributed by atoms with Gasteiger partial charge < -0.3 is 15.6 Å². The van der Waals surface area contributed by atoms with E-state index in [4.69, 9.17) is 10.5 Å². The average Bonchev–Trinajstić information content (AvgIpc) is 3.09. The van der Waals surface area contributed by atoms with E-state index < -0.39 is 6.10 Å². The summed E-state index contributed by atoms with van der Waals surface area (Å²) in [5.41, 5.74) is 6.42. The summed E-state index contributed by atoms with van der Waals surface area (Å²) in [6.45, 7) is 2.55. The van der Waals surface area contributed by atoms with Crippen LogP contribution in [0.25, 0.3) is 0 Å². The van der Waals surface area contributed by atoms with Crippen LogP contribution in [-0.4, -0.2) is 22.8 Å². The molecule has 1 aromatic heterocycles. The summed E-state index contributed by atoms with van der Waals surface area (Å²) >= 11 is 0. The second kappa shape index (κ2) is 4.80. The van der Waals surface area contributed by atoms with Gasteiger partial charge in [-0.2, -0.15) is 0 Å². The molecule has 88 valence electrons. The van der Waals surface area contributed by atoms with Crippen LogP contribution in [0.5, 0.6) is 0 Å². The van der Waals surface area contributed by atoms with Gasteiger partial charge in [-0.15, -0.1) is 0 Å². The number of ether oxygens (including phenoxy) is 1. The molecule has 4 nitrogen and oxygen atoms in total. The van der Waals surface area contributed by atoms with Crippen molar-refractivity contribution in [3.8, 4) is 0 Å². The highest BCUT2D eigenvalue weighted by Gasteiger charge is 2.37. The van der Waals surface area contributed by atoms with E-state index in [1.807, 2.05) is 6.92 Å². The molecule has 1 aromatic rings. The number of rotatable bonds is 5. The van der Waals surface area contributed by atoms with Gasteiger partial charge >= 0.3 is 0 Å². The first-order valence-corrected chi connectivity index (χ1v) is 5.74. The van der Waals surface area contributed by atoms with E-state index in [1.165, 1.54) is 0 Å². The highest BCUT2D eigenvalue weighted by atomic mass is 16.5. The van der Waals surface area contributed by atoms with Crippen LogP contribution in [-0.2, 0) is 4.74 Å².